The molecule has 0 aliphatic rings. The fourth-order valence-corrected chi connectivity index (χ4v) is 4.75. The SMILES string of the molecule is C=CC(=O)Nc1cccc(-n2cnc3c(N(Cc4ccccc4)Cc4ccccc4)nc(Nc4ccc(F)cc4)nc32)c1. The van der Waals surface area contributed by atoms with Crippen LogP contribution in [0.25, 0.3) is 16.9 Å². The number of nitrogens with one attached hydrogen (secondary N) is 2. The Balaban J connectivity index is 1.49. The number of amides is 1. The molecule has 8 nitrogen and oxygen atoms in total. The standard InChI is InChI=1S/C34H28FN7O/c1-2-30(43)37-28-14-9-15-29(20-28)42-23-36-31-32(39-34(40-33(31)42)38-27-18-16-26(35)17-19-27)41(21-24-10-5-3-6-11-24)22-25-12-7-4-8-13-25/h2-20,23H,1,21-22H2,(H,37,43)(H,38,39,40). The van der Waals surface area contributed by atoms with Crippen LogP contribution in [-0.2, 0) is 17.9 Å². The Morgan fingerprint density at radius 3 is 2.16 bits per heavy atom. The summed E-state index contributed by atoms with van der Waals surface area (Å²) in [6.45, 7) is 4.68. The number of carbonyl (C=O) groups excluding carboxylic acids is 1. The van der Waals surface area contributed by atoms with Crippen molar-refractivity contribution in [2.45, 2.75) is 13.1 Å². The number of aromatic nitrogens is 4. The molecule has 6 aromatic rings. The third-order valence-corrected chi connectivity index (χ3v) is 6.79. The van der Waals surface area contributed by atoms with Gasteiger partial charge in [0.2, 0.25) is 11.9 Å². The third-order valence-electron chi connectivity index (χ3n) is 6.79. The second-order valence-corrected chi connectivity index (χ2v) is 9.86. The zero-order valence-corrected chi connectivity index (χ0v) is 23.2. The number of imidazole rings is 1. The second-order valence-electron chi connectivity index (χ2n) is 9.86. The van der Waals surface area contributed by atoms with Crippen LogP contribution in [0.3, 0.4) is 0 Å². The first kappa shape index (κ1) is 27.3. The monoisotopic (exact) mass is 569 g/mol. The van der Waals surface area contributed by atoms with Gasteiger partial charge in [0.05, 0.1) is 5.69 Å². The molecule has 4 aromatic carbocycles. The first-order valence-electron chi connectivity index (χ1n) is 13.7. The van der Waals surface area contributed by atoms with Crippen LogP contribution in [0.2, 0.25) is 0 Å². The van der Waals surface area contributed by atoms with Gasteiger partial charge in [-0.15, -0.1) is 0 Å². The van der Waals surface area contributed by atoms with Gasteiger partial charge < -0.3 is 15.5 Å². The maximum atomic E-state index is 13.6. The van der Waals surface area contributed by atoms with Gasteiger partial charge in [-0.25, -0.2) is 9.37 Å². The number of carbonyl (C=O) groups is 1. The van der Waals surface area contributed by atoms with Crippen molar-refractivity contribution in [3.8, 4) is 5.69 Å². The number of nitrogens with zero attached hydrogens (tertiary/aromatic N) is 5. The molecule has 6 rings (SSSR count). The summed E-state index contributed by atoms with van der Waals surface area (Å²) in [5.74, 6) is 0.330. The van der Waals surface area contributed by atoms with Crippen molar-refractivity contribution in [2.24, 2.45) is 0 Å². The lowest BCUT2D eigenvalue weighted by atomic mass is 10.1. The summed E-state index contributed by atoms with van der Waals surface area (Å²) < 4.78 is 15.5. The Kier molecular flexibility index (Phi) is 7.86. The molecule has 0 saturated heterocycles. The van der Waals surface area contributed by atoms with Gasteiger partial charge in [-0.2, -0.15) is 9.97 Å². The Hall–Kier alpha value is -5.83. The van der Waals surface area contributed by atoms with Crippen molar-refractivity contribution >= 4 is 40.2 Å². The molecule has 212 valence electrons. The fraction of sp³-hybridized carbons (Fsp3) is 0.0588. The van der Waals surface area contributed by atoms with Crippen LogP contribution in [0.5, 0.6) is 0 Å². The maximum Gasteiger partial charge on any atom is 0.247 e. The number of fused-ring (bicyclic) bond motifs is 1. The fourth-order valence-electron chi connectivity index (χ4n) is 4.75. The normalized spacial score (nSPS) is 10.8. The minimum Gasteiger partial charge on any atom is -0.346 e. The molecular formula is C34H28FN7O. The van der Waals surface area contributed by atoms with Crippen LogP contribution in [0, 0.1) is 5.82 Å². The van der Waals surface area contributed by atoms with E-state index < -0.39 is 0 Å². The van der Waals surface area contributed by atoms with Crippen LogP contribution >= 0.6 is 0 Å². The van der Waals surface area contributed by atoms with Crippen molar-refractivity contribution in [3.05, 3.63) is 145 Å². The van der Waals surface area contributed by atoms with Crippen LogP contribution in [-0.4, -0.2) is 25.4 Å². The number of benzene rings is 4. The van der Waals surface area contributed by atoms with Gasteiger partial charge in [0.1, 0.15) is 12.1 Å². The average molecular weight is 570 g/mol. The topological polar surface area (TPSA) is 88.0 Å². The molecule has 2 N–H and O–H groups in total. The lowest BCUT2D eigenvalue weighted by Gasteiger charge is -2.25. The van der Waals surface area contributed by atoms with E-state index in [4.69, 9.17) is 15.0 Å². The minimum absolute atomic E-state index is 0.305. The average Bonchev–Trinajstić information content (AvgIpc) is 3.47. The summed E-state index contributed by atoms with van der Waals surface area (Å²) in [5.41, 5.74) is 5.40. The number of halogens is 1. The van der Waals surface area contributed by atoms with E-state index in [1.807, 2.05) is 59.2 Å². The molecule has 0 aliphatic heterocycles. The maximum absolute atomic E-state index is 13.6. The lowest BCUT2D eigenvalue weighted by molar-refractivity contribution is -0.111. The van der Waals surface area contributed by atoms with E-state index in [0.717, 1.165) is 16.8 Å². The van der Waals surface area contributed by atoms with Gasteiger partial charge in [-0.1, -0.05) is 73.3 Å². The highest BCUT2D eigenvalue weighted by molar-refractivity contribution is 5.99. The highest BCUT2D eigenvalue weighted by atomic mass is 19.1. The molecule has 0 radical (unpaired) electrons. The van der Waals surface area contributed by atoms with Crippen molar-refractivity contribution in [2.75, 3.05) is 15.5 Å². The van der Waals surface area contributed by atoms with Gasteiger partial charge in [-0.3, -0.25) is 9.36 Å². The molecular weight excluding hydrogens is 541 g/mol. The van der Waals surface area contributed by atoms with Crippen molar-refractivity contribution in [1.29, 1.82) is 0 Å². The molecule has 0 saturated carbocycles. The molecule has 0 aliphatic carbocycles. The van der Waals surface area contributed by atoms with Gasteiger partial charge in [-0.05, 0) is 59.7 Å². The minimum atomic E-state index is -0.332. The highest BCUT2D eigenvalue weighted by Gasteiger charge is 2.21. The predicted octanol–water partition coefficient (Wildman–Crippen LogP) is 7.03. The van der Waals surface area contributed by atoms with Gasteiger partial charge in [0, 0.05) is 24.5 Å². The molecule has 0 unspecified atom stereocenters. The summed E-state index contributed by atoms with van der Waals surface area (Å²) >= 11 is 0. The van der Waals surface area contributed by atoms with E-state index in [0.29, 0.717) is 47.4 Å². The van der Waals surface area contributed by atoms with Crippen LogP contribution < -0.4 is 15.5 Å². The Labute approximate surface area is 248 Å². The molecule has 1 amide bonds. The first-order valence-corrected chi connectivity index (χ1v) is 13.7. The van der Waals surface area contributed by atoms with Gasteiger partial charge >= 0.3 is 0 Å². The lowest BCUT2D eigenvalue weighted by Crippen LogP contribution is -2.24. The van der Waals surface area contributed by atoms with E-state index in [2.05, 4.69) is 46.4 Å². The zero-order chi connectivity index (χ0) is 29.6. The summed E-state index contributed by atoms with van der Waals surface area (Å²) in [6.07, 6.45) is 2.92. The number of rotatable bonds is 10. The van der Waals surface area contributed by atoms with E-state index in [1.165, 1.54) is 18.2 Å². The molecule has 9 heteroatoms. The Bertz CT molecular complexity index is 1830. The Morgan fingerprint density at radius 2 is 1.51 bits per heavy atom. The number of hydrogen-bond donors (Lipinski definition) is 2. The van der Waals surface area contributed by atoms with Crippen molar-refractivity contribution in [3.63, 3.8) is 0 Å². The van der Waals surface area contributed by atoms with E-state index in [1.54, 1.807) is 24.5 Å². The summed E-state index contributed by atoms with van der Waals surface area (Å²) in [5, 5.41) is 6.04. The molecule has 0 spiro atoms. The molecule has 2 heterocycles. The van der Waals surface area contributed by atoms with Crippen LogP contribution in [0.15, 0.2) is 128 Å². The second kappa shape index (κ2) is 12.4. The Morgan fingerprint density at radius 1 is 0.837 bits per heavy atom. The van der Waals surface area contributed by atoms with Gasteiger partial charge in [0.15, 0.2) is 17.0 Å². The molecule has 43 heavy (non-hydrogen) atoms. The molecule has 0 bridgehead atoms. The van der Waals surface area contributed by atoms with E-state index in [-0.39, 0.29) is 11.7 Å². The van der Waals surface area contributed by atoms with Crippen LogP contribution in [0.1, 0.15) is 11.1 Å². The summed E-state index contributed by atoms with van der Waals surface area (Å²) in [7, 11) is 0. The first-order chi connectivity index (χ1) is 21.1. The highest BCUT2D eigenvalue weighted by Crippen LogP contribution is 2.30. The molecule has 0 fully saturated rings. The quantitative estimate of drug-likeness (QED) is 0.172. The summed E-state index contributed by atoms with van der Waals surface area (Å²) in [6, 6.07) is 33.8. The predicted molar refractivity (Wildman–Crippen MR) is 168 cm³/mol. The largest absolute Gasteiger partial charge is 0.346 e. The smallest absolute Gasteiger partial charge is 0.247 e. The number of hydrogen-bond acceptors (Lipinski definition) is 6. The van der Waals surface area contributed by atoms with Crippen LogP contribution in [0.4, 0.5) is 27.5 Å². The van der Waals surface area contributed by atoms with Crippen molar-refractivity contribution in [1.82, 2.24) is 19.5 Å². The third kappa shape index (κ3) is 6.41. The van der Waals surface area contributed by atoms with Gasteiger partial charge in [0.25, 0.3) is 0 Å². The van der Waals surface area contributed by atoms with E-state index >= 15 is 0 Å². The molecule has 2 aromatic heterocycles. The number of anilines is 4. The zero-order valence-electron chi connectivity index (χ0n) is 23.2. The van der Waals surface area contributed by atoms with E-state index in [9.17, 15) is 9.18 Å². The summed E-state index contributed by atoms with van der Waals surface area (Å²) in [4.78, 5) is 28.7. The van der Waals surface area contributed by atoms with Crippen molar-refractivity contribution < 1.29 is 9.18 Å². The molecule has 0 atom stereocenters.